The maximum absolute atomic E-state index is 9.82. The molecule has 4 aromatic rings. The maximum atomic E-state index is 9.82. The van der Waals surface area contributed by atoms with E-state index in [-0.39, 0.29) is 11.5 Å². The van der Waals surface area contributed by atoms with Gasteiger partial charge in [0.2, 0.25) is 0 Å². The van der Waals surface area contributed by atoms with Gasteiger partial charge in [-0.15, -0.1) is 11.3 Å². The molecule has 98 valence electrons. The standard InChI is InChI=1S/C15H9NO3S/c17-9-5-6-10(18)14-13(9)16-15(20-14)12-7-8-3-1-2-4-11(8)19-12/h1-7,17-18H. The van der Waals surface area contributed by atoms with Gasteiger partial charge in [-0.25, -0.2) is 4.98 Å². The molecule has 20 heavy (non-hydrogen) atoms. The number of thiazole rings is 1. The second-order valence-corrected chi connectivity index (χ2v) is 5.45. The number of hydrogen-bond acceptors (Lipinski definition) is 5. The lowest BCUT2D eigenvalue weighted by molar-refractivity contribution is 0.469. The van der Waals surface area contributed by atoms with Gasteiger partial charge >= 0.3 is 0 Å². The predicted octanol–water partition coefficient (Wildman–Crippen LogP) is 4.12. The smallest absolute Gasteiger partial charge is 0.164 e. The monoisotopic (exact) mass is 283 g/mol. The highest BCUT2D eigenvalue weighted by atomic mass is 32.1. The number of aromatic nitrogens is 1. The number of aromatic hydroxyl groups is 2. The van der Waals surface area contributed by atoms with Crippen molar-refractivity contribution < 1.29 is 14.6 Å². The Morgan fingerprint density at radius 2 is 1.80 bits per heavy atom. The molecule has 2 aromatic heterocycles. The van der Waals surface area contributed by atoms with Crippen molar-refractivity contribution in [2.45, 2.75) is 0 Å². The minimum Gasteiger partial charge on any atom is -0.506 e. The first-order valence-electron chi connectivity index (χ1n) is 6.03. The second-order valence-electron chi connectivity index (χ2n) is 4.45. The van der Waals surface area contributed by atoms with Gasteiger partial charge in [0.05, 0.1) is 0 Å². The molecule has 0 atom stereocenters. The number of phenols is 2. The summed E-state index contributed by atoms with van der Waals surface area (Å²) in [5, 5.41) is 21.3. The van der Waals surface area contributed by atoms with E-state index in [0.717, 1.165) is 11.0 Å². The zero-order valence-electron chi connectivity index (χ0n) is 10.2. The molecule has 2 N–H and O–H groups in total. The van der Waals surface area contributed by atoms with Crippen LogP contribution in [0.3, 0.4) is 0 Å². The quantitative estimate of drug-likeness (QED) is 0.516. The molecule has 2 aromatic carbocycles. The van der Waals surface area contributed by atoms with Gasteiger partial charge in [0.15, 0.2) is 10.8 Å². The van der Waals surface area contributed by atoms with Crippen LogP contribution in [-0.4, -0.2) is 15.2 Å². The van der Waals surface area contributed by atoms with Gasteiger partial charge in [-0.05, 0) is 24.3 Å². The Morgan fingerprint density at radius 1 is 1.00 bits per heavy atom. The Labute approximate surface area is 117 Å². The number of furan rings is 1. The summed E-state index contributed by atoms with van der Waals surface area (Å²) in [5.74, 6) is 0.792. The summed E-state index contributed by atoms with van der Waals surface area (Å²) < 4.78 is 6.30. The van der Waals surface area contributed by atoms with Crippen LogP contribution in [0.15, 0.2) is 46.9 Å². The van der Waals surface area contributed by atoms with Crippen molar-refractivity contribution in [2.24, 2.45) is 0 Å². The number of benzene rings is 2. The minimum absolute atomic E-state index is 0.0522. The van der Waals surface area contributed by atoms with E-state index in [9.17, 15) is 10.2 Å². The molecule has 0 spiro atoms. The molecule has 4 rings (SSSR count). The summed E-state index contributed by atoms with van der Waals surface area (Å²) in [6, 6.07) is 12.5. The van der Waals surface area contributed by atoms with E-state index in [1.54, 1.807) is 0 Å². The predicted molar refractivity (Wildman–Crippen MR) is 78.2 cm³/mol. The van der Waals surface area contributed by atoms with Crippen molar-refractivity contribution in [1.82, 2.24) is 4.98 Å². The van der Waals surface area contributed by atoms with Gasteiger partial charge in [-0.1, -0.05) is 18.2 Å². The number of hydrogen-bond donors (Lipinski definition) is 2. The Morgan fingerprint density at radius 3 is 2.60 bits per heavy atom. The molecule has 0 aliphatic rings. The van der Waals surface area contributed by atoms with Gasteiger partial charge in [-0.2, -0.15) is 0 Å². The third-order valence-corrected chi connectivity index (χ3v) is 4.23. The van der Waals surface area contributed by atoms with Crippen LogP contribution in [0.2, 0.25) is 0 Å². The third-order valence-electron chi connectivity index (χ3n) is 3.14. The third kappa shape index (κ3) is 1.57. The van der Waals surface area contributed by atoms with Crippen LogP contribution in [-0.2, 0) is 0 Å². The van der Waals surface area contributed by atoms with Crippen molar-refractivity contribution in [2.75, 3.05) is 0 Å². The molecular weight excluding hydrogens is 274 g/mol. The van der Waals surface area contributed by atoms with Crippen molar-refractivity contribution >= 4 is 32.5 Å². The fourth-order valence-electron chi connectivity index (χ4n) is 2.17. The van der Waals surface area contributed by atoms with E-state index >= 15 is 0 Å². The second kappa shape index (κ2) is 3.98. The topological polar surface area (TPSA) is 66.5 Å². The summed E-state index contributed by atoms with van der Waals surface area (Å²) in [6.45, 7) is 0. The average molecular weight is 283 g/mol. The molecule has 0 unspecified atom stereocenters. The van der Waals surface area contributed by atoms with Crippen molar-refractivity contribution in [3.05, 3.63) is 42.5 Å². The Hall–Kier alpha value is -2.53. The molecule has 0 saturated heterocycles. The normalized spacial score (nSPS) is 11.4. The highest BCUT2D eigenvalue weighted by molar-refractivity contribution is 7.22. The first-order chi connectivity index (χ1) is 9.72. The number of nitrogens with zero attached hydrogens (tertiary/aromatic N) is 1. The lowest BCUT2D eigenvalue weighted by atomic mass is 10.2. The van der Waals surface area contributed by atoms with Crippen LogP contribution in [0.5, 0.6) is 11.5 Å². The van der Waals surface area contributed by atoms with Gasteiger partial charge in [-0.3, -0.25) is 0 Å². The lowest BCUT2D eigenvalue weighted by Gasteiger charge is -1.94. The van der Waals surface area contributed by atoms with Crippen LogP contribution in [0.4, 0.5) is 0 Å². The Bertz CT molecular complexity index is 867. The minimum atomic E-state index is 0.0522. The summed E-state index contributed by atoms with van der Waals surface area (Å²) in [4.78, 5) is 4.35. The van der Waals surface area contributed by atoms with E-state index in [2.05, 4.69) is 4.98 Å². The van der Waals surface area contributed by atoms with Crippen molar-refractivity contribution in [3.8, 4) is 22.3 Å². The van der Waals surface area contributed by atoms with E-state index in [4.69, 9.17) is 4.42 Å². The fourth-order valence-corrected chi connectivity index (χ4v) is 3.12. The molecule has 0 aliphatic heterocycles. The Kier molecular flexibility index (Phi) is 2.25. The molecule has 2 heterocycles. The Balaban J connectivity index is 1.98. The first-order valence-corrected chi connectivity index (χ1v) is 6.84. The highest BCUT2D eigenvalue weighted by Crippen LogP contribution is 2.40. The fraction of sp³-hybridized carbons (Fsp3) is 0. The van der Waals surface area contributed by atoms with E-state index in [1.165, 1.54) is 23.5 Å². The number of fused-ring (bicyclic) bond motifs is 2. The molecule has 5 heteroatoms. The number of phenolic OH excluding ortho intramolecular Hbond substituents is 2. The zero-order chi connectivity index (χ0) is 13.7. The number of rotatable bonds is 1. The van der Waals surface area contributed by atoms with Gasteiger partial charge in [0.25, 0.3) is 0 Å². The van der Waals surface area contributed by atoms with Crippen molar-refractivity contribution in [1.29, 1.82) is 0 Å². The van der Waals surface area contributed by atoms with Crippen LogP contribution < -0.4 is 0 Å². The van der Waals surface area contributed by atoms with Gasteiger partial charge in [0.1, 0.15) is 27.3 Å². The molecule has 0 radical (unpaired) electrons. The van der Waals surface area contributed by atoms with Crippen molar-refractivity contribution in [3.63, 3.8) is 0 Å². The largest absolute Gasteiger partial charge is 0.506 e. The molecule has 0 fully saturated rings. The van der Waals surface area contributed by atoms with Crippen LogP contribution in [0, 0.1) is 0 Å². The SMILES string of the molecule is Oc1ccc(O)c2sc(-c3cc4ccccc4o3)nc12. The summed E-state index contributed by atoms with van der Waals surface area (Å²) in [6.07, 6.45) is 0. The van der Waals surface area contributed by atoms with Crippen LogP contribution in [0.25, 0.3) is 32.0 Å². The van der Waals surface area contributed by atoms with Gasteiger partial charge < -0.3 is 14.6 Å². The summed E-state index contributed by atoms with van der Waals surface area (Å²) in [7, 11) is 0. The average Bonchev–Trinajstić information content (AvgIpc) is 3.06. The molecule has 0 aliphatic carbocycles. The molecular formula is C15H9NO3S. The molecule has 0 amide bonds. The maximum Gasteiger partial charge on any atom is 0.164 e. The van der Waals surface area contributed by atoms with E-state index < -0.39 is 0 Å². The van der Waals surface area contributed by atoms with Crippen LogP contribution in [0.1, 0.15) is 0 Å². The first kappa shape index (κ1) is 11.3. The van der Waals surface area contributed by atoms with E-state index in [1.807, 2.05) is 30.3 Å². The van der Waals surface area contributed by atoms with Crippen LogP contribution >= 0.6 is 11.3 Å². The molecule has 0 saturated carbocycles. The van der Waals surface area contributed by atoms with Gasteiger partial charge in [0, 0.05) is 5.39 Å². The zero-order valence-corrected chi connectivity index (χ0v) is 11.0. The lowest BCUT2D eigenvalue weighted by Crippen LogP contribution is -1.72. The van der Waals surface area contributed by atoms with E-state index in [0.29, 0.717) is 21.0 Å². The summed E-state index contributed by atoms with van der Waals surface area (Å²) in [5.41, 5.74) is 1.18. The molecule has 0 bridgehead atoms. The number of para-hydroxylation sites is 1. The molecule has 4 nitrogen and oxygen atoms in total. The highest BCUT2D eigenvalue weighted by Gasteiger charge is 2.15. The summed E-state index contributed by atoms with van der Waals surface area (Å²) >= 11 is 1.29.